The monoisotopic (exact) mass is 323 g/mol. The molecule has 0 unspecified atom stereocenters. The van der Waals surface area contributed by atoms with E-state index in [-0.39, 0.29) is 17.2 Å². The lowest BCUT2D eigenvalue weighted by Crippen LogP contribution is -2.41. The van der Waals surface area contributed by atoms with E-state index < -0.39 is 24.8 Å². The lowest BCUT2D eigenvalue weighted by atomic mass is 10.1. The molecule has 0 bridgehead atoms. The third-order valence-corrected chi connectivity index (χ3v) is 2.65. The molecule has 0 radical (unpaired) electrons. The number of carbonyl (C=O) groups is 1. The van der Waals surface area contributed by atoms with Crippen molar-refractivity contribution in [3.05, 3.63) is 34.3 Å². The lowest BCUT2D eigenvalue weighted by molar-refractivity contribution is -0.123. The maximum absolute atomic E-state index is 12.7. The molecular weight excluding hydrogens is 314 g/mol. The molecule has 0 aromatic heterocycles. The smallest absolute Gasteiger partial charge is 0.324 e. The Bertz CT molecular complexity index is 581. The van der Waals surface area contributed by atoms with Gasteiger partial charge in [0.1, 0.15) is 6.61 Å². The van der Waals surface area contributed by atoms with Crippen LogP contribution in [0.5, 0.6) is 0 Å². The average molecular weight is 324 g/mol. The minimum Gasteiger partial charge on any atom is -0.384 e. The zero-order valence-corrected chi connectivity index (χ0v) is 11.2. The molecule has 21 heavy (non-hydrogen) atoms. The topological polar surface area (TPSA) is 49.3 Å². The first-order chi connectivity index (χ1) is 9.77. The number of amides is 1. The maximum atomic E-state index is 12.7. The largest absolute Gasteiger partial charge is 0.384 e. The Hall–Kier alpha value is -1.78. The molecule has 2 N–H and O–H groups in total. The highest BCUT2D eigenvalue weighted by Gasteiger charge is 2.40. The quantitative estimate of drug-likeness (QED) is 0.660. The van der Waals surface area contributed by atoms with Crippen molar-refractivity contribution in [1.29, 1.82) is 0 Å². The highest BCUT2D eigenvalue weighted by Crippen LogP contribution is 2.22. The Balaban J connectivity index is 2.78. The van der Waals surface area contributed by atoms with E-state index in [0.717, 1.165) is 0 Å². The van der Waals surface area contributed by atoms with Gasteiger partial charge in [-0.15, -0.1) is 0 Å². The third-order valence-electron chi connectivity index (χ3n) is 2.34. The highest BCUT2D eigenvalue weighted by atomic mass is 35.5. The van der Waals surface area contributed by atoms with E-state index in [2.05, 4.69) is 11.8 Å². The molecule has 0 heterocycles. The minimum atomic E-state index is -4.30. The first kappa shape index (κ1) is 17.3. The van der Waals surface area contributed by atoms with Gasteiger partial charge in [-0.25, -0.2) is 8.78 Å². The summed E-state index contributed by atoms with van der Waals surface area (Å²) < 4.78 is 49.2. The molecule has 0 saturated heterocycles. The molecule has 1 rings (SSSR count). The molecule has 1 amide bonds. The number of benzene rings is 1. The van der Waals surface area contributed by atoms with Gasteiger partial charge in [0.25, 0.3) is 5.91 Å². The number of carbonyl (C=O) groups excluding carboxylic acids is 1. The summed E-state index contributed by atoms with van der Waals surface area (Å²) in [6.07, 6.45) is -3.86. The Morgan fingerprint density at radius 3 is 2.62 bits per heavy atom. The lowest BCUT2D eigenvalue weighted by Gasteiger charge is -2.15. The zero-order valence-electron chi connectivity index (χ0n) is 10.5. The standard InChI is InChI=1S/C13H10ClF4NO2/c14-10-6-9(4-3-8(10)2-1-5-20)11(21)19-7-13(17,18)12(15)16/h3-4,6,12,20H,5,7H2,(H,19,21). The van der Waals surface area contributed by atoms with E-state index in [0.29, 0.717) is 5.56 Å². The Morgan fingerprint density at radius 2 is 2.10 bits per heavy atom. The van der Waals surface area contributed by atoms with E-state index >= 15 is 0 Å². The molecule has 0 saturated carbocycles. The van der Waals surface area contributed by atoms with E-state index in [9.17, 15) is 22.4 Å². The molecule has 1 aromatic rings. The van der Waals surface area contributed by atoms with Crippen LogP contribution in [0.1, 0.15) is 15.9 Å². The van der Waals surface area contributed by atoms with Crippen LogP contribution < -0.4 is 5.32 Å². The second-order valence-corrected chi connectivity index (χ2v) is 4.31. The number of alkyl halides is 4. The third kappa shape index (κ3) is 4.92. The predicted molar refractivity (Wildman–Crippen MR) is 68.7 cm³/mol. The van der Waals surface area contributed by atoms with Crippen molar-refractivity contribution in [3.8, 4) is 11.8 Å². The fourth-order valence-electron chi connectivity index (χ4n) is 1.27. The van der Waals surface area contributed by atoms with Crippen LogP contribution in [-0.4, -0.2) is 36.5 Å². The van der Waals surface area contributed by atoms with Crippen LogP contribution >= 0.6 is 11.6 Å². The summed E-state index contributed by atoms with van der Waals surface area (Å²) in [5.74, 6) is -0.392. The van der Waals surface area contributed by atoms with Gasteiger partial charge in [-0.1, -0.05) is 23.4 Å². The molecule has 3 nitrogen and oxygen atoms in total. The normalized spacial score (nSPS) is 11.0. The molecule has 8 heteroatoms. The van der Waals surface area contributed by atoms with Gasteiger partial charge < -0.3 is 10.4 Å². The second kappa shape index (κ2) is 7.29. The summed E-state index contributed by atoms with van der Waals surface area (Å²) >= 11 is 5.82. The summed E-state index contributed by atoms with van der Waals surface area (Å²) in [4.78, 5) is 11.6. The van der Waals surface area contributed by atoms with Gasteiger partial charge >= 0.3 is 12.3 Å². The van der Waals surface area contributed by atoms with Gasteiger partial charge in [-0.2, -0.15) is 8.78 Å². The van der Waals surface area contributed by atoms with Crippen LogP contribution in [0.4, 0.5) is 17.6 Å². The summed E-state index contributed by atoms with van der Waals surface area (Å²) in [6, 6.07) is 3.77. The molecule has 1 aromatic carbocycles. The van der Waals surface area contributed by atoms with Crippen molar-refractivity contribution in [2.75, 3.05) is 13.2 Å². The van der Waals surface area contributed by atoms with Crippen LogP contribution in [0.2, 0.25) is 5.02 Å². The predicted octanol–water partition coefficient (Wildman–Crippen LogP) is 2.31. The number of hydrogen-bond donors (Lipinski definition) is 2. The van der Waals surface area contributed by atoms with Gasteiger partial charge in [0.2, 0.25) is 0 Å². The van der Waals surface area contributed by atoms with Crippen LogP contribution in [0, 0.1) is 11.8 Å². The number of aliphatic hydroxyl groups excluding tert-OH is 1. The molecule has 0 spiro atoms. The maximum Gasteiger partial charge on any atom is 0.324 e. The molecule has 0 aliphatic heterocycles. The number of halogens is 5. The number of aliphatic hydroxyl groups is 1. The summed E-state index contributed by atoms with van der Waals surface area (Å²) in [7, 11) is 0. The van der Waals surface area contributed by atoms with Crippen molar-refractivity contribution in [2.24, 2.45) is 0 Å². The summed E-state index contributed by atoms with van der Waals surface area (Å²) in [6.45, 7) is -1.85. The summed E-state index contributed by atoms with van der Waals surface area (Å²) in [5.41, 5.74) is 0.264. The molecular formula is C13H10ClF4NO2. The molecule has 0 aliphatic carbocycles. The zero-order chi connectivity index (χ0) is 16.0. The van der Waals surface area contributed by atoms with E-state index in [1.807, 2.05) is 0 Å². The summed E-state index contributed by atoms with van der Waals surface area (Å²) in [5, 5.41) is 10.3. The molecule has 0 fully saturated rings. The van der Waals surface area contributed by atoms with Crippen molar-refractivity contribution in [1.82, 2.24) is 5.32 Å². The Labute approximate surface area is 122 Å². The van der Waals surface area contributed by atoms with E-state index in [4.69, 9.17) is 16.7 Å². The fraction of sp³-hybridized carbons (Fsp3) is 0.308. The average Bonchev–Trinajstić information content (AvgIpc) is 2.43. The molecule has 114 valence electrons. The number of nitrogens with one attached hydrogen (secondary N) is 1. The van der Waals surface area contributed by atoms with E-state index in [1.165, 1.54) is 18.2 Å². The van der Waals surface area contributed by atoms with Crippen LogP contribution in [0.15, 0.2) is 18.2 Å². The van der Waals surface area contributed by atoms with Crippen LogP contribution in [0.25, 0.3) is 0 Å². The second-order valence-electron chi connectivity index (χ2n) is 3.90. The van der Waals surface area contributed by atoms with Gasteiger partial charge in [0, 0.05) is 11.1 Å². The van der Waals surface area contributed by atoms with Crippen LogP contribution in [-0.2, 0) is 0 Å². The first-order valence-electron chi connectivity index (χ1n) is 5.61. The first-order valence-corrected chi connectivity index (χ1v) is 5.99. The minimum absolute atomic E-state index is 0.0698. The Kier molecular flexibility index (Phi) is 6.00. The van der Waals surface area contributed by atoms with Gasteiger partial charge in [0.05, 0.1) is 11.6 Å². The van der Waals surface area contributed by atoms with Gasteiger partial charge in [0.15, 0.2) is 0 Å². The molecule has 0 aliphatic rings. The number of hydrogen-bond acceptors (Lipinski definition) is 2. The highest BCUT2D eigenvalue weighted by molar-refractivity contribution is 6.32. The van der Waals surface area contributed by atoms with Crippen molar-refractivity contribution < 1.29 is 27.5 Å². The SMILES string of the molecule is O=C(NCC(F)(F)C(F)F)c1ccc(C#CCO)c(Cl)c1. The van der Waals surface area contributed by atoms with E-state index in [1.54, 1.807) is 5.32 Å². The van der Waals surface area contributed by atoms with Crippen molar-refractivity contribution in [2.45, 2.75) is 12.3 Å². The van der Waals surface area contributed by atoms with Crippen molar-refractivity contribution in [3.63, 3.8) is 0 Å². The van der Waals surface area contributed by atoms with Crippen LogP contribution in [0.3, 0.4) is 0 Å². The van der Waals surface area contributed by atoms with Gasteiger partial charge in [-0.05, 0) is 18.2 Å². The fourth-order valence-corrected chi connectivity index (χ4v) is 1.50. The van der Waals surface area contributed by atoms with Crippen molar-refractivity contribution >= 4 is 17.5 Å². The Morgan fingerprint density at radius 1 is 1.43 bits per heavy atom. The van der Waals surface area contributed by atoms with Gasteiger partial charge in [-0.3, -0.25) is 4.79 Å². The molecule has 0 atom stereocenters. The number of rotatable bonds is 4.